The number of hydrogen-bond donors (Lipinski definition) is 1. The van der Waals surface area contributed by atoms with Crippen LogP contribution in [-0.4, -0.2) is 26.7 Å². The number of allylic oxidation sites excluding steroid dienone is 2. The van der Waals surface area contributed by atoms with Crippen LogP contribution >= 0.6 is 0 Å². The molecular formula is C35H42N2O2S. The molecule has 0 radical (unpaired) electrons. The maximum atomic E-state index is 12.3. The number of sulfonamides is 1. The molecule has 1 aliphatic carbocycles. The third kappa shape index (κ3) is 8.23. The second kappa shape index (κ2) is 14.7. The smallest absolute Gasteiger partial charge is 0.241 e. The topological polar surface area (TPSA) is 58.5 Å². The molecule has 4 nitrogen and oxygen atoms in total. The van der Waals surface area contributed by atoms with Gasteiger partial charge in [-0.15, -0.1) is 0 Å². The molecule has 0 amide bonds. The number of aryl methyl sites for hydroxylation is 1. The van der Waals surface area contributed by atoms with E-state index in [1.54, 1.807) is 13.0 Å². The van der Waals surface area contributed by atoms with Gasteiger partial charge in [0.1, 0.15) is 0 Å². The number of benzene rings is 3. The third-order valence-corrected chi connectivity index (χ3v) is 8.65. The van der Waals surface area contributed by atoms with Gasteiger partial charge in [-0.3, -0.25) is 4.99 Å². The third-order valence-electron chi connectivity index (χ3n) is 7.05. The lowest BCUT2D eigenvalue weighted by Crippen LogP contribution is -2.24. The van der Waals surface area contributed by atoms with Gasteiger partial charge in [-0.25, -0.2) is 13.1 Å². The van der Waals surface area contributed by atoms with Crippen LogP contribution < -0.4 is 4.72 Å². The summed E-state index contributed by atoms with van der Waals surface area (Å²) in [4.78, 5) is 5.33. The van der Waals surface area contributed by atoms with Crippen LogP contribution in [0.5, 0.6) is 0 Å². The van der Waals surface area contributed by atoms with Gasteiger partial charge in [0.2, 0.25) is 10.0 Å². The molecule has 3 aromatic carbocycles. The fourth-order valence-corrected chi connectivity index (χ4v) is 5.86. The van der Waals surface area contributed by atoms with Crippen molar-refractivity contribution in [3.63, 3.8) is 0 Å². The van der Waals surface area contributed by atoms with Crippen LogP contribution in [0, 0.1) is 12.8 Å². The van der Waals surface area contributed by atoms with Crippen molar-refractivity contribution in [1.29, 1.82) is 0 Å². The summed E-state index contributed by atoms with van der Waals surface area (Å²) in [6, 6.07) is 24.1. The highest BCUT2D eigenvalue weighted by Crippen LogP contribution is 2.25. The Morgan fingerprint density at radius 1 is 0.900 bits per heavy atom. The number of rotatable bonds is 9. The van der Waals surface area contributed by atoms with Crippen LogP contribution in [0.1, 0.15) is 68.4 Å². The Morgan fingerprint density at radius 3 is 2.27 bits per heavy atom. The molecule has 5 heteroatoms. The molecule has 0 fully saturated rings. The van der Waals surface area contributed by atoms with Crippen molar-refractivity contribution in [3.05, 3.63) is 119 Å². The molecule has 0 bridgehead atoms. The van der Waals surface area contributed by atoms with Gasteiger partial charge >= 0.3 is 0 Å². The Labute approximate surface area is 241 Å². The van der Waals surface area contributed by atoms with Crippen molar-refractivity contribution >= 4 is 34.0 Å². The lowest BCUT2D eigenvalue weighted by Gasteiger charge is -2.22. The first-order valence-corrected chi connectivity index (χ1v) is 15.6. The predicted octanol–water partition coefficient (Wildman–Crippen LogP) is 8.35. The highest BCUT2D eigenvalue weighted by atomic mass is 32.2. The molecule has 0 spiro atoms. The van der Waals surface area contributed by atoms with Crippen LogP contribution in [0.4, 0.5) is 0 Å². The van der Waals surface area contributed by atoms with Gasteiger partial charge in [0, 0.05) is 12.1 Å². The van der Waals surface area contributed by atoms with E-state index in [-0.39, 0.29) is 0 Å². The maximum Gasteiger partial charge on any atom is 0.241 e. The molecule has 0 heterocycles. The maximum absolute atomic E-state index is 12.3. The Morgan fingerprint density at radius 2 is 1.60 bits per heavy atom. The van der Waals surface area contributed by atoms with E-state index in [4.69, 9.17) is 4.99 Å². The van der Waals surface area contributed by atoms with Crippen molar-refractivity contribution in [2.45, 2.75) is 58.4 Å². The number of fused-ring (bicyclic) bond motifs is 1. The van der Waals surface area contributed by atoms with Gasteiger partial charge < -0.3 is 0 Å². The van der Waals surface area contributed by atoms with Gasteiger partial charge in [-0.05, 0) is 53.2 Å². The van der Waals surface area contributed by atoms with Crippen molar-refractivity contribution in [3.8, 4) is 0 Å². The first-order valence-electron chi connectivity index (χ1n) is 14.1. The normalized spacial score (nSPS) is 15.4. The summed E-state index contributed by atoms with van der Waals surface area (Å²) in [6.45, 7) is 14.9. The van der Waals surface area contributed by atoms with E-state index < -0.39 is 10.0 Å². The number of nitrogens with zero attached hydrogens (tertiary/aromatic N) is 1. The van der Waals surface area contributed by atoms with Gasteiger partial charge in [0.25, 0.3) is 0 Å². The Balaban J connectivity index is 0.000000222. The van der Waals surface area contributed by atoms with Crippen molar-refractivity contribution < 1.29 is 8.42 Å². The quantitative estimate of drug-likeness (QED) is 0.270. The van der Waals surface area contributed by atoms with Crippen LogP contribution in [0.25, 0.3) is 18.2 Å². The summed E-state index contributed by atoms with van der Waals surface area (Å²) in [7, 11) is -3.47. The first-order chi connectivity index (χ1) is 19.2. The number of hydrogen-bond acceptors (Lipinski definition) is 3. The zero-order chi connectivity index (χ0) is 29.1. The molecule has 0 aliphatic heterocycles. The molecule has 4 rings (SSSR count). The fraction of sp³-hybridized carbons (Fsp3) is 0.286. The summed E-state index contributed by atoms with van der Waals surface area (Å²) in [5.74, 6) is 0.614. The molecule has 210 valence electrons. The van der Waals surface area contributed by atoms with E-state index in [0.29, 0.717) is 29.0 Å². The molecule has 0 aromatic heterocycles. The number of aliphatic imine (C=N–C) groups is 1. The van der Waals surface area contributed by atoms with Gasteiger partial charge in [0.05, 0.1) is 16.6 Å². The van der Waals surface area contributed by atoms with Crippen LogP contribution in [-0.2, 0) is 10.0 Å². The second-order valence-electron chi connectivity index (χ2n) is 10.1. The summed E-state index contributed by atoms with van der Waals surface area (Å²) in [5.41, 5.74) is 7.20. The zero-order valence-corrected chi connectivity index (χ0v) is 25.2. The zero-order valence-electron chi connectivity index (χ0n) is 24.4. The Bertz CT molecular complexity index is 1480. The standard InChI is InChI=1S/C18H23N.C17H19NO2S/c1-5-13(3)17(6-2)19-18-14(4)11-12-15-9-7-8-10-16(15)18;1-3-18-21(19,20)17-13-14(2)9-11-16(17)12-10-15-7-5-4-6-8-15/h7-13,17H,4-6H2,1-3H3;4-13,18H,3H2,1-2H3. The molecule has 40 heavy (non-hydrogen) atoms. The monoisotopic (exact) mass is 554 g/mol. The molecule has 0 saturated carbocycles. The lowest BCUT2D eigenvalue weighted by molar-refractivity contribution is 0.435. The average molecular weight is 555 g/mol. The van der Waals surface area contributed by atoms with Crippen molar-refractivity contribution in [2.75, 3.05) is 6.54 Å². The summed E-state index contributed by atoms with van der Waals surface area (Å²) < 4.78 is 27.1. The Kier molecular flexibility index (Phi) is 11.4. The van der Waals surface area contributed by atoms with Crippen LogP contribution in [0.15, 0.2) is 101 Å². The second-order valence-corrected chi connectivity index (χ2v) is 11.8. The minimum Gasteiger partial charge on any atom is -0.281 e. The van der Waals surface area contributed by atoms with E-state index in [2.05, 4.69) is 68.5 Å². The molecule has 3 aromatic rings. The lowest BCUT2D eigenvalue weighted by atomic mass is 9.91. The highest BCUT2D eigenvalue weighted by Gasteiger charge is 2.19. The molecule has 2 unspecified atom stereocenters. The van der Waals surface area contributed by atoms with E-state index >= 15 is 0 Å². The molecule has 0 saturated heterocycles. The summed E-state index contributed by atoms with van der Waals surface area (Å²) >= 11 is 0. The first kappa shape index (κ1) is 31.0. The van der Waals surface area contributed by atoms with Crippen molar-refractivity contribution in [2.24, 2.45) is 10.9 Å². The summed E-state index contributed by atoms with van der Waals surface area (Å²) in [6.07, 6.45) is 10.2. The molecular weight excluding hydrogens is 512 g/mol. The fourth-order valence-electron chi connectivity index (χ4n) is 4.54. The number of nitrogens with one attached hydrogen (secondary N) is 1. The van der Waals surface area contributed by atoms with Crippen LogP contribution in [0.2, 0.25) is 0 Å². The summed E-state index contributed by atoms with van der Waals surface area (Å²) in [5, 5.41) is 0. The predicted molar refractivity (Wildman–Crippen MR) is 172 cm³/mol. The van der Waals surface area contributed by atoms with Crippen molar-refractivity contribution in [1.82, 2.24) is 4.72 Å². The van der Waals surface area contributed by atoms with Gasteiger partial charge in [-0.1, -0.05) is 132 Å². The largest absolute Gasteiger partial charge is 0.281 e. The Hall–Kier alpha value is -3.54. The molecule has 2 atom stereocenters. The SMILES string of the molecule is C=C1C=Cc2ccccc2C1=NC(CC)C(C)CC.CCNS(=O)(=O)c1cc(C)ccc1C=Cc1ccccc1. The minimum absolute atomic E-state index is 0.316. The van der Waals surface area contributed by atoms with E-state index in [1.165, 1.54) is 17.5 Å². The van der Waals surface area contributed by atoms with E-state index in [1.807, 2.05) is 61.5 Å². The minimum atomic E-state index is -3.47. The van der Waals surface area contributed by atoms with Gasteiger partial charge in [0.15, 0.2) is 0 Å². The average Bonchev–Trinajstić information content (AvgIpc) is 2.96. The van der Waals surface area contributed by atoms with Crippen LogP contribution in [0.3, 0.4) is 0 Å². The molecule has 1 aliphatic rings. The van der Waals surface area contributed by atoms with E-state index in [0.717, 1.165) is 28.8 Å². The highest BCUT2D eigenvalue weighted by molar-refractivity contribution is 7.89. The molecule has 1 N–H and O–H groups in total. The van der Waals surface area contributed by atoms with E-state index in [9.17, 15) is 8.42 Å². The van der Waals surface area contributed by atoms with Gasteiger partial charge in [-0.2, -0.15) is 0 Å².